The van der Waals surface area contributed by atoms with Crippen molar-refractivity contribution < 1.29 is 27.2 Å². The molecule has 52 heavy (non-hydrogen) atoms. The Kier molecular flexibility index (Phi) is 8.16. The molecule has 4 heterocycles. The Morgan fingerprint density at radius 3 is 1.58 bits per heavy atom. The fourth-order valence-corrected chi connectivity index (χ4v) is 6.47. The minimum absolute atomic E-state index is 0.0377. The highest BCUT2D eigenvalue weighted by Crippen LogP contribution is 2.32. The maximum atomic E-state index is 14.5. The fraction of sp³-hybridized carbons (Fsp3) is 0.105. The first-order chi connectivity index (χ1) is 24.7. The van der Waals surface area contributed by atoms with Crippen molar-refractivity contribution in [1.29, 1.82) is 0 Å². The number of carbonyl (C=O) groups is 2. The second-order valence-corrected chi connectivity index (χ2v) is 12.2. The first-order valence-electron chi connectivity index (χ1n) is 15.8. The summed E-state index contributed by atoms with van der Waals surface area (Å²) in [5.41, 5.74) is 17.5. The van der Waals surface area contributed by atoms with Crippen LogP contribution in [0.15, 0.2) is 72.8 Å². The molecule has 0 aliphatic rings. The second kappa shape index (κ2) is 12.6. The smallest absolute Gasteiger partial charge is 0.248 e. The minimum atomic E-state index is -0.739. The Morgan fingerprint density at radius 1 is 0.538 bits per heavy atom. The number of aromatic nitrogens is 6. The maximum absolute atomic E-state index is 14.5. The third kappa shape index (κ3) is 5.73. The van der Waals surface area contributed by atoms with Crippen molar-refractivity contribution in [3.05, 3.63) is 130 Å². The summed E-state index contributed by atoms with van der Waals surface area (Å²) in [5, 5.41) is 0. The van der Waals surface area contributed by atoms with E-state index < -0.39 is 35.1 Å². The predicted octanol–water partition coefficient (Wildman–Crippen LogP) is 7.09. The van der Waals surface area contributed by atoms with Crippen LogP contribution in [0.1, 0.15) is 43.5 Å². The van der Waals surface area contributed by atoms with E-state index in [9.17, 15) is 27.2 Å². The van der Waals surface area contributed by atoms with Crippen LogP contribution in [0.2, 0.25) is 0 Å². The van der Waals surface area contributed by atoms with Crippen LogP contribution in [0.5, 0.6) is 0 Å². The molecule has 2 amide bonds. The van der Waals surface area contributed by atoms with E-state index in [0.717, 1.165) is 6.07 Å². The highest BCUT2D eigenvalue weighted by Gasteiger charge is 2.21. The number of primary amides is 2. The number of nitrogens with two attached hydrogens (primary N) is 2. The summed E-state index contributed by atoms with van der Waals surface area (Å²) in [4.78, 5) is 41.0. The van der Waals surface area contributed by atoms with Crippen LogP contribution in [0.3, 0.4) is 0 Å². The van der Waals surface area contributed by atoms with Gasteiger partial charge in [-0.25, -0.2) is 37.5 Å². The van der Waals surface area contributed by atoms with Gasteiger partial charge in [0.2, 0.25) is 11.8 Å². The molecule has 260 valence electrons. The third-order valence-electron chi connectivity index (χ3n) is 8.65. The van der Waals surface area contributed by atoms with Crippen molar-refractivity contribution in [2.45, 2.75) is 27.7 Å². The van der Waals surface area contributed by atoms with E-state index in [0.29, 0.717) is 67.3 Å². The molecule has 0 unspecified atom stereocenters. The number of rotatable bonds is 4. The molecule has 0 bridgehead atoms. The molecule has 0 atom stereocenters. The van der Waals surface area contributed by atoms with Gasteiger partial charge in [-0.3, -0.25) is 18.4 Å². The average Bonchev–Trinajstić information content (AvgIpc) is 3.63. The lowest BCUT2D eigenvalue weighted by molar-refractivity contribution is 0.0991. The van der Waals surface area contributed by atoms with E-state index >= 15 is 0 Å². The van der Waals surface area contributed by atoms with Crippen LogP contribution in [0.25, 0.3) is 55.9 Å². The molecule has 0 spiro atoms. The number of halogens is 4. The van der Waals surface area contributed by atoms with Gasteiger partial charge in [-0.05, 0) is 88.4 Å². The number of hydrogen-bond acceptors (Lipinski definition) is 6. The zero-order valence-electron chi connectivity index (χ0n) is 28.1. The average molecular weight is 705 g/mol. The molecule has 8 rings (SSSR count). The Balaban J connectivity index is 0.000000162. The second-order valence-electron chi connectivity index (χ2n) is 12.2. The lowest BCUT2D eigenvalue weighted by Gasteiger charge is -2.09. The van der Waals surface area contributed by atoms with Gasteiger partial charge in [-0.15, -0.1) is 0 Å². The van der Waals surface area contributed by atoms with E-state index in [1.807, 2.05) is 13.8 Å². The summed E-state index contributed by atoms with van der Waals surface area (Å²) in [7, 11) is 0. The lowest BCUT2D eigenvalue weighted by Crippen LogP contribution is -2.11. The van der Waals surface area contributed by atoms with Crippen molar-refractivity contribution in [1.82, 2.24) is 28.7 Å². The van der Waals surface area contributed by atoms with Crippen LogP contribution >= 0.6 is 0 Å². The fourth-order valence-electron chi connectivity index (χ4n) is 6.47. The Labute approximate surface area is 292 Å². The summed E-state index contributed by atoms with van der Waals surface area (Å²) < 4.78 is 59.7. The van der Waals surface area contributed by atoms with E-state index in [2.05, 4.69) is 19.9 Å². The van der Waals surface area contributed by atoms with Crippen LogP contribution in [0.4, 0.5) is 17.6 Å². The van der Waals surface area contributed by atoms with Crippen LogP contribution in [-0.4, -0.2) is 40.6 Å². The van der Waals surface area contributed by atoms with Gasteiger partial charge < -0.3 is 11.5 Å². The highest BCUT2D eigenvalue weighted by atomic mass is 19.1. The number of hydrogen-bond donors (Lipinski definition) is 2. The molecule has 4 N–H and O–H groups in total. The van der Waals surface area contributed by atoms with Gasteiger partial charge in [0, 0.05) is 28.8 Å². The van der Waals surface area contributed by atoms with Gasteiger partial charge in [0.05, 0.1) is 61.4 Å². The molecule has 0 saturated carbocycles. The minimum Gasteiger partial charge on any atom is -0.366 e. The third-order valence-corrected chi connectivity index (χ3v) is 8.65. The molecule has 10 nitrogen and oxygen atoms in total. The molecule has 0 aliphatic carbocycles. The van der Waals surface area contributed by atoms with Crippen molar-refractivity contribution in [3.63, 3.8) is 0 Å². The Morgan fingerprint density at radius 2 is 1.04 bits per heavy atom. The summed E-state index contributed by atoms with van der Waals surface area (Å²) in [6, 6.07) is 16.1. The number of aryl methyl sites for hydroxylation is 4. The molecule has 0 aliphatic heterocycles. The van der Waals surface area contributed by atoms with Crippen molar-refractivity contribution in [3.8, 4) is 22.8 Å². The number of nitrogens with zero attached hydrogens (tertiary/aromatic N) is 6. The quantitative estimate of drug-likeness (QED) is 0.187. The number of benzene rings is 4. The zero-order chi connectivity index (χ0) is 37.2. The first kappa shape index (κ1) is 33.8. The molecule has 0 fully saturated rings. The topological polar surface area (TPSA) is 147 Å². The molecule has 4 aromatic heterocycles. The summed E-state index contributed by atoms with van der Waals surface area (Å²) in [5.74, 6) is -2.77. The number of fused-ring (bicyclic) bond motifs is 6. The summed E-state index contributed by atoms with van der Waals surface area (Å²) in [6.07, 6.45) is 0. The van der Waals surface area contributed by atoms with Crippen LogP contribution in [0, 0.1) is 51.0 Å². The van der Waals surface area contributed by atoms with E-state index in [-0.39, 0.29) is 22.5 Å². The largest absolute Gasteiger partial charge is 0.366 e. The maximum Gasteiger partial charge on any atom is 0.248 e. The van der Waals surface area contributed by atoms with E-state index in [4.69, 9.17) is 11.5 Å². The Bertz CT molecular complexity index is 2810. The van der Waals surface area contributed by atoms with Gasteiger partial charge >= 0.3 is 0 Å². The molecular weight excluding hydrogens is 676 g/mol. The molecule has 14 heteroatoms. The number of carbonyl (C=O) groups excluding carboxylic acids is 2. The predicted molar refractivity (Wildman–Crippen MR) is 188 cm³/mol. The van der Waals surface area contributed by atoms with Gasteiger partial charge in [0.1, 0.15) is 34.9 Å². The molecule has 8 aromatic rings. The number of amides is 2. The summed E-state index contributed by atoms with van der Waals surface area (Å²) >= 11 is 0. The first-order valence-corrected chi connectivity index (χ1v) is 15.8. The van der Waals surface area contributed by atoms with E-state index in [1.54, 1.807) is 34.8 Å². The van der Waals surface area contributed by atoms with Gasteiger partial charge in [-0.1, -0.05) is 0 Å². The van der Waals surface area contributed by atoms with Crippen LogP contribution < -0.4 is 11.5 Å². The van der Waals surface area contributed by atoms with Crippen LogP contribution in [-0.2, 0) is 0 Å². The van der Waals surface area contributed by atoms with Crippen molar-refractivity contribution in [2.24, 2.45) is 11.5 Å². The summed E-state index contributed by atoms with van der Waals surface area (Å²) in [6.45, 7) is 7.21. The SMILES string of the molecule is Cc1nc(-c2cc(C(N)=O)ccc2F)n2c1c(C)nc1ccc(F)cc12.Cc1nc(-c2cc(F)cc(C(N)=O)c2)n2c1c(C)nc1ccc(F)cc12. The molecule has 4 aromatic carbocycles. The standard InChI is InChI=1S/2C19H14F2N4O/c1-9-17-10(2)24-19(13-7-11(18(22)26)3-5-14(13)21)25(17)16-8-12(20)4-6-15(16)23-9;1-9-17-10(2)24-19(12-5-11(18(22)26)6-14(21)7-12)25(17)16-8-13(20)3-4-15(16)23-9/h2*3-8H,1-2H3,(H2,22,26). The van der Waals surface area contributed by atoms with Gasteiger partial charge in [-0.2, -0.15) is 0 Å². The lowest BCUT2D eigenvalue weighted by atomic mass is 10.1. The van der Waals surface area contributed by atoms with Gasteiger partial charge in [0.25, 0.3) is 0 Å². The molecule has 0 saturated heterocycles. The molecule has 0 radical (unpaired) electrons. The highest BCUT2D eigenvalue weighted by molar-refractivity contribution is 5.95. The number of imidazole rings is 2. The Hall–Kier alpha value is -6.70. The normalized spacial score (nSPS) is 11.4. The van der Waals surface area contributed by atoms with Crippen molar-refractivity contribution in [2.75, 3.05) is 0 Å². The zero-order valence-corrected chi connectivity index (χ0v) is 28.1. The van der Waals surface area contributed by atoms with Crippen molar-refractivity contribution >= 4 is 44.9 Å². The molecular formula is C38H28F4N8O2. The van der Waals surface area contributed by atoms with Gasteiger partial charge in [0.15, 0.2) is 0 Å². The monoisotopic (exact) mass is 704 g/mol. The van der Waals surface area contributed by atoms with E-state index in [1.165, 1.54) is 54.6 Å².